The molecule has 0 fully saturated rings. The van der Waals surface area contributed by atoms with Crippen LogP contribution in [0.15, 0.2) is 109 Å². The molecule has 0 radical (unpaired) electrons. The van der Waals surface area contributed by atoms with Crippen LogP contribution < -0.4 is 9.78 Å². The van der Waals surface area contributed by atoms with E-state index in [2.05, 4.69) is 0 Å². The Morgan fingerprint density at radius 1 is 0.667 bits per heavy atom. The lowest BCUT2D eigenvalue weighted by atomic mass is 10.0. The van der Waals surface area contributed by atoms with Crippen molar-refractivity contribution in [3.05, 3.63) is 131 Å². The normalized spacial score (nSPS) is 11.9. The summed E-state index contributed by atoms with van der Waals surface area (Å²) in [6, 6.07) is 33.2. The quantitative estimate of drug-likeness (QED) is 0.0578. The van der Waals surface area contributed by atoms with Crippen molar-refractivity contribution in [3.63, 3.8) is 0 Å². The third-order valence-electron chi connectivity index (χ3n) is 7.13. The first-order chi connectivity index (χ1) is 23.1. The van der Waals surface area contributed by atoms with Gasteiger partial charge < -0.3 is 14.9 Å². The molecule has 0 aliphatic carbocycles. The minimum Gasteiger partial charge on any atom is -0.387 e. The number of ketones is 1. The Morgan fingerprint density at radius 3 is 1.65 bits per heavy atom. The van der Waals surface area contributed by atoms with E-state index in [0.29, 0.717) is 27.2 Å². The number of hydrogen-bond acceptors (Lipinski definition) is 8. The highest BCUT2D eigenvalue weighted by Crippen LogP contribution is 2.34. The number of para-hydroxylation sites is 2. The van der Waals surface area contributed by atoms with Gasteiger partial charge >= 0.3 is 0 Å². The first kappa shape index (κ1) is 35.7. The summed E-state index contributed by atoms with van der Waals surface area (Å²) in [5.74, 6) is 1.16. The summed E-state index contributed by atoms with van der Waals surface area (Å²) in [5, 5.41) is 13.6. The molecule has 1 N–H and O–H groups in total. The van der Waals surface area contributed by atoms with E-state index in [4.69, 9.17) is 41.6 Å². The number of hydrogen-bond donors (Lipinski definition) is 1. The fourth-order valence-corrected chi connectivity index (χ4v) is 6.31. The van der Waals surface area contributed by atoms with Gasteiger partial charge in [-0.3, -0.25) is 12.7 Å². The van der Waals surface area contributed by atoms with Crippen molar-refractivity contribution in [3.8, 4) is 11.5 Å². The number of rotatable bonds is 12. The van der Waals surface area contributed by atoms with Crippen LogP contribution in [-0.2, 0) is 8.67 Å². The van der Waals surface area contributed by atoms with Gasteiger partial charge in [-0.25, -0.2) is 0 Å². The van der Waals surface area contributed by atoms with E-state index in [1.165, 1.54) is 0 Å². The summed E-state index contributed by atoms with van der Waals surface area (Å²) in [4.78, 5) is 23.0. The number of aromatic nitrogens is 2. The van der Waals surface area contributed by atoms with Crippen molar-refractivity contribution < 1.29 is 28.3 Å². The molecule has 4 aromatic carbocycles. The Bertz CT molecular complexity index is 1970. The molecule has 12 heteroatoms. The highest BCUT2D eigenvalue weighted by Gasteiger charge is 2.21. The smallest absolute Gasteiger partial charge is 0.182 e. The maximum absolute atomic E-state index is 12.5. The van der Waals surface area contributed by atoms with E-state index in [1.54, 1.807) is 34.3 Å². The number of aliphatic hydroxyl groups is 1. The second-order valence-electron chi connectivity index (χ2n) is 11.4. The van der Waals surface area contributed by atoms with Crippen LogP contribution in [-0.4, -0.2) is 18.8 Å². The Labute approximate surface area is 298 Å². The number of nitrogens with zero attached hydrogens (tertiary/aromatic N) is 2. The molecular weight excluding hydrogens is 691 g/mol. The first-order valence-electron chi connectivity index (χ1n) is 15.1. The van der Waals surface area contributed by atoms with Crippen LogP contribution in [0.3, 0.4) is 0 Å². The van der Waals surface area contributed by atoms with E-state index in [1.807, 2.05) is 111 Å². The topological polar surface area (TPSA) is 84.1 Å². The molecule has 6 aromatic rings. The van der Waals surface area contributed by atoms with Crippen LogP contribution in [0.4, 0.5) is 0 Å². The Hall–Kier alpha value is -3.61. The zero-order valence-electron chi connectivity index (χ0n) is 26.6. The summed E-state index contributed by atoms with van der Waals surface area (Å²) in [6.07, 6.45) is -0.621. The molecule has 0 aliphatic rings. The van der Waals surface area contributed by atoms with Gasteiger partial charge in [0, 0.05) is 26.7 Å². The third kappa shape index (κ3) is 8.89. The zero-order valence-corrected chi connectivity index (χ0v) is 29.7. The fourth-order valence-electron chi connectivity index (χ4n) is 4.64. The summed E-state index contributed by atoms with van der Waals surface area (Å²) >= 11 is 14.1. The molecule has 8 nitrogen and oxygen atoms in total. The molecule has 1 atom stereocenters. The van der Waals surface area contributed by atoms with Gasteiger partial charge in [0.15, 0.2) is 41.7 Å². The van der Waals surface area contributed by atoms with Gasteiger partial charge in [0.2, 0.25) is 0 Å². The summed E-state index contributed by atoms with van der Waals surface area (Å²) in [6.45, 7) is 7.66. The molecule has 0 aliphatic heterocycles. The van der Waals surface area contributed by atoms with Gasteiger partial charge in [0.05, 0.1) is 28.5 Å². The molecule has 0 saturated heterocycles. The fraction of sp³-hybridized carbons (Fsp3) is 0.194. The Balaban J connectivity index is 0.000000188. The lowest BCUT2D eigenvalue weighted by Crippen LogP contribution is -2.11. The first-order valence-corrected chi connectivity index (χ1v) is 17.2. The zero-order chi connectivity index (χ0) is 34.2. The van der Waals surface area contributed by atoms with Crippen molar-refractivity contribution in [1.29, 1.82) is 0 Å². The molecule has 0 spiro atoms. The highest BCUT2D eigenvalue weighted by atomic mass is 35.5. The number of halogens is 2. The molecule has 2 heterocycles. The van der Waals surface area contributed by atoms with Crippen LogP contribution in [0, 0.1) is 11.8 Å². The molecule has 0 amide bonds. The number of aliphatic hydroxyl groups excluding tert-OH is 1. The summed E-state index contributed by atoms with van der Waals surface area (Å²) < 4.78 is 14.1. The van der Waals surface area contributed by atoms with Gasteiger partial charge in [0.25, 0.3) is 0 Å². The maximum Gasteiger partial charge on any atom is 0.182 e. The van der Waals surface area contributed by atoms with Crippen molar-refractivity contribution >= 4 is 75.2 Å². The second kappa shape index (κ2) is 16.7. The van der Waals surface area contributed by atoms with Crippen molar-refractivity contribution in [2.75, 3.05) is 0 Å². The van der Waals surface area contributed by atoms with Crippen molar-refractivity contribution in [2.24, 2.45) is 11.8 Å². The second-order valence-corrected chi connectivity index (χ2v) is 13.6. The largest absolute Gasteiger partial charge is 0.387 e. The van der Waals surface area contributed by atoms with E-state index in [-0.39, 0.29) is 17.6 Å². The van der Waals surface area contributed by atoms with Crippen molar-refractivity contribution in [2.45, 2.75) is 33.8 Å². The lowest BCUT2D eigenvalue weighted by molar-refractivity contribution is -0.0787. The average molecular weight is 726 g/mol. The van der Waals surface area contributed by atoms with Gasteiger partial charge in [-0.1, -0.05) is 96.0 Å². The maximum atomic E-state index is 12.5. The predicted molar refractivity (Wildman–Crippen MR) is 195 cm³/mol. The molecule has 0 bridgehead atoms. The van der Waals surface area contributed by atoms with E-state index in [0.717, 1.165) is 52.0 Å². The van der Waals surface area contributed by atoms with Crippen LogP contribution >= 0.6 is 47.7 Å². The minimum absolute atomic E-state index is 0.0260. The molecule has 6 rings (SSSR count). The third-order valence-corrected chi connectivity index (χ3v) is 8.96. The highest BCUT2D eigenvalue weighted by molar-refractivity contribution is 7.93. The number of Topliss-reactive ketones (excluding diaryl/α,β-unsaturated/α-hetero) is 1. The number of fused-ring (bicyclic) bond motifs is 2. The monoisotopic (exact) mass is 724 g/mol. The van der Waals surface area contributed by atoms with Gasteiger partial charge in [-0.05, 0) is 78.7 Å². The molecule has 0 saturated carbocycles. The minimum atomic E-state index is -0.621. The van der Waals surface area contributed by atoms with E-state index in [9.17, 15) is 9.90 Å². The standard InChI is InChI=1S/C18H18ClNO3S.C18H16ClNO3S/c2*1-12(2)18(21)17-11-13-10-14(19)8-9-16(13)20(17)24-23-22-15-6-4-3-5-7-15/h3-12,18,21H,1-2H3;3-12H,1-2H3. The molecule has 250 valence electrons. The predicted octanol–water partition coefficient (Wildman–Crippen LogP) is 11.0. The number of carbonyl (C=O) groups is 1. The molecule has 1 unspecified atom stereocenters. The Morgan fingerprint density at radius 2 is 1.15 bits per heavy atom. The number of benzene rings is 4. The van der Waals surface area contributed by atoms with E-state index < -0.39 is 6.10 Å². The van der Waals surface area contributed by atoms with Crippen LogP contribution in [0.1, 0.15) is 50.0 Å². The SMILES string of the molecule is CC(C)C(=O)c1cc2cc(Cl)ccc2n1SOOc1ccccc1.CC(C)C(O)c1cc2cc(Cl)ccc2n1SOOc1ccccc1. The van der Waals surface area contributed by atoms with E-state index >= 15 is 0 Å². The summed E-state index contributed by atoms with van der Waals surface area (Å²) in [5.41, 5.74) is 3.02. The molecule has 48 heavy (non-hydrogen) atoms. The van der Waals surface area contributed by atoms with Gasteiger partial charge in [-0.2, -0.15) is 0 Å². The van der Waals surface area contributed by atoms with Crippen LogP contribution in [0.2, 0.25) is 10.0 Å². The van der Waals surface area contributed by atoms with Crippen LogP contribution in [0.5, 0.6) is 11.5 Å². The lowest BCUT2D eigenvalue weighted by Gasteiger charge is -2.16. The average Bonchev–Trinajstić information content (AvgIpc) is 3.62. The molecule has 2 aromatic heterocycles. The van der Waals surface area contributed by atoms with Crippen molar-refractivity contribution in [1.82, 2.24) is 7.94 Å². The Kier molecular flexibility index (Phi) is 12.4. The molecular formula is C36H34Cl2N2O6S2. The summed E-state index contributed by atoms with van der Waals surface area (Å²) in [7, 11) is 0. The number of carbonyl (C=O) groups excluding carboxylic acids is 1. The van der Waals surface area contributed by atoms with Gasteiger partial charge in [0.1, 0.15) is 0 Å². The van der Waals surface area contributed by atoms with Gasteiger partial charge in [-0.15, -0.1) is 0 Å². The van der Waals surface area contributed by atoms with Crippen LogP contribution in [0.25, 0.3) is 21.8 Å².